The molecular formula is C16H14F2N2O4. The van der Waals surface area contributed by atoms with Gasteiger partial charge in [0, 0.05) is 29.3 Å². The first-order chi connectivity index (χ1) is 11.2. The molecule has 2 aromatic rings. The quantitative estimate of drug-likeness (QED) is 0.648. The summed E-state index contributed by atoms with van der Waals surface area (Å²) >= 11 is 0. The number of halogens is 2. The fourth-order valence-electron chi connectivity index (χ4n) is 2.14. The highest BCUT2D eigenvalue weighted by molar-refractivity contribution is 5.94. The van der Waals surface area contributed by atoms with Gasteiger partial charge < -0.3 is 10.4 Å². The first kappa shape index (κ1) is 17.5. The van der Waals surface area contributed by atoms with Crippen LogP contribution in [0.2, 0.25) is 0 Å². The summed E-state index contributed by atoms with van der Waals surface area (Å²) < 4.78 is 26.7. The molecule has 0 radical (unpaired) electrons. The molecule has 2 rings (SSSR count). The number of aliphatic hydroxyl groups is 1. The van der Waals surface area contributed by atoms with Crippen molar-refractivity contribution >= 4 is 11.6 Å². The molecule has 2 aromatic carbocycles. The van der Waals surface area contributed by atoms with Gasteiger partial charge in [-0.15, -0.1) is 0 Å². The second-order valence-electron chi connectivity index (χ2n) is 5.39. The van der Waals surface area contributed by atoms with E-state index in [9.17, 15) is 28.8 Å². The normalized spacial score (nSPS) is 13.2. The number of non-ortho nitro benzene ring substituents is 1. The minimum Gasteiger partial charge on any atom is -0.383 e. The van der Waals surface area contributed by atoms with Gasteiger partial charge >= 0.3 is 0 Å². The molecule has 0 heterocycles. The zero-order valence-corrected chi connectivity index (χ0v) is 12.6. The number of nitrogens with zero attached hydrogens (tertiary/aromatic N) is 1. The van der Waals surface area contributed by atoms with Crippen molar-refractivity contribution in [2.24, 2.45) is 0 Å². The Morgan fingerprint density at radius 2 is 2.00 bits per heavy atom. The van der Waals surface area contributed by atoms with E-state index in [1.807, 2.05) is 0 Å². The zero-order chi connectivity index (χ0) is 17.9. The summed E-state index contributed by atoms with van der Waals surface area (Å²) in [5.74, 6) is -2.39. The predicted molar refractivity (Wildman–Crippen MR) is 81.4 cm³/mol. The maximum Gasteiger partial charge on any atom is 0.270 e. The molecule has 0 saturated heterocycles. The molecule has 0 aliphatic carbocycles. The molecule has 126 valence electrons. The third-order valence-electron chi connectivity index (χ3n) is 3.42. The van der Waals surface area contributed by atoms with Gasteiger partial charge in [0.05, 0.1) is 11.5 Å². The number of carbonyl (C=O) groups excluding carboxylic acids is 1. The van der Waals surface area contributed by atoms with Gasteiger partial charge in [-0.2, -0.15) is 0 Å². The second-order valence-corrected chi connectivity index (χ2v) is 5.39. The number of rotatable bonds is 5. The van der Waals surface area contributed by atoms with Crippen LogP contribution in [-0.2, 0) is 5.60 Å². The van der Waals surface area contributed by atoms with Crippen molar-refractivity contribution in [3.05, 3.63) is 75.3 Å². The minimum atomic E-state index is -1.78. The number of carbonyl (C=O) groups is 1. The van der Waals surface area contributed by atoms with Crippen LogP contribution in [0.25, 0.3) is 0 Å². The Balaban J connectivity index is 2.12. The Morgan fingerprint density at radius 1 is 1.29 bits per heavy atom. The van der Waals surface area contributed by atoms with Crippen LogP contribution < -0.4 is 5.32 Å². The Morgan fingerprint density at radius 3 is 2.62 bits per heavy atom. The Bertz CT molecular complexity index is 793. The molecule has 8 heteroatoms. The highest BCUT2D eigenvalue weighted by Gasteiger charge is 2.27. The van der Waals surface area contributed by atoms with Crippen LogP contribution in [0.1, 0.15) is 22.8 Å². The van der Waals surface area contributed by atoms with Crippen LogP contribution in [0, 0.1) is 21.7 Å². The summed E-state index contributed by atoms with van der Waals surface area (Å²) in [5.41, 5.74) is -2.18. The zero-order valence-electron chi connectivity index (χ0n) is 12.6. The van der Waals surface area contributed by atoms with Crippen LogP contribution in [-0.4, -0.2) is 22.5 Å². The van der Waals surface area contributed by atoms with Gasteiger partial charge in [0.1, 0.15) is 17.2 Å². The van der Waals surface area contributed by atoms with Crippen molar-refractivity contribution < 1.29 is 23.6 Å². The van der Waals surface area contributed by atoms with Gasteiger partial charge in [0.2, 0.25) is 0 Å². The number of nitro benzene ring substituents is 1. The molecule has 0 aromatic heterocycles. The molecule has 0 saturated carbocycles. The summed E-state index contributed by atoms with van der Waals surface area (Å²) in [6.07, 6.45) is 0. The lowest BCUT2D eigenvalue weighted by Gasteiger charge is -2.24. The Hall–Kier alpha value is -2.87. The molecule has 1 atom stereocenters. The van der Waals surface area contributed by atoms with Crippen molar-refractivity contribution in [3.63, 3.8) is 0 Å². The van der Waals surface area contributed by atoms with Crippen LogP contribution in [0.3, 0.4) is 0 Å². The average Bonchev–Trinajstić information content (AvgIpc) is 2.52. The van der Waals surface area contributed by atoms with Crippen LogP contribution in [0.4, 0.5) is 14.5 Å². The van der Waals surface area contributed by atoms with E-state index in [2.05, 4.69) is 5.32 Å². The molecule has 0 bridgehead atoms. The number of amides is 1. The lowest BCUT2D eigenvalue weighted by Crippen LogP contribution is -2.39. The standard InChI is InChI=1S/C16H14F2N2O4/c1-16(22,13-6-5-11(17)8-14(13)18)9-19-15(21)10-3-2-4-12(7-10)20(23)24/h2-8,22H,9H2,1H3,(H,19,21)/t16-/m0/s1. The first-order valence-corrected chi connectivity index (χ1v) is 6.91. The summed E-state index contributed by atoms with van der Waals surface area (Å²) in [7, 11) is 0. The minimum absolute atomic E-state index is 0.0274. The summed E-state index contributed by atoms with van der Waals surface area (Å²) in [5, 5.41) is 23.4. The van der Waals surface area contributed by atoms with Gasteiger partial charge in [0.25, 0.3) is 11.6 Å². The van der Waals surface area contributed by atoms with Crippen LogP contribution >= 0.6 is 0 Å². The maximum absolute atomic E-state index is 13.7. The van der Waals surface area contributed by atoms with Gasteiger partial charge in [-0.25, -0.2) is 8.78 Å². The van der Waals surface area contributed by atoms with Crippen LogP contribution in [0.5, 0.6) is 0 Å². The Labute approximate surface area is 135 Å². The fourth-order valence-corrected chi connectivity index (χ4v) is 2.14. The van der Waals surface area contributed by atoms with Gasteiger partial charge in [-0.1, -0.05) is 12.1 Å². The predicted octanol–water partition coefficient (Wildman–Crippen LogP) is 2.51. The van der Waals surface area contributed by atoms with E-state index in [0.717, 1.165) is 18.2 Å². The topological polar surface area (TPSA) is 92.5 Å². The first-order valence-electron chi connectivity index (χ1n) is 6.91. The highest BCUT2D eigenvalue weighted by atomic mass is 19.1. The summed E-state index contributed by atoms with van der Waals surface area (Å²) in [6, 6.07) is 7.76. The summed E-state index contributed by atoms with van der Waals surface area (Å²) in [4.78, 5) is 22.1. The third-order valence-corrected chi connectivity index (χ3v) is 3.42. The van der Waals surface area contributed by atoms with Crippen molar-refractivity contribution in [1.82, 2.24) is 5.32 Å². The van der Waals surface area contributed by atoms with Crippen molar-refractivity contribution in [2.45, 2.75) is 12.5 Å². The molecule has 1 amide bonds. The van der Waals surface area contributed by atoms with E-state index in [1.165, 1.54) is 25.1 Å². The smallest absolute Gasteiger partial charge is 0.270 e. The lowest BCUT2D eigenvalue weighted by atomic mass is 9.95. The van der Waals surface area contributed by atoms with E-state index in [0.29, 0.717) is 6.07 Å². The number of hydrogen-bond acceptors (Lipinski definition) is 4. The van der Waals surface area contributed by atoms with E-state index in [4.69, 9.17) is 0 Å². The van der Waals surface area contributed by atoms with Gasteiger partial charge in [-0.05, 0) is 19.1 Å². The van der Waals surface area contributed by atoms with E-state index in [-0.39, 0.29) is 23.4 Å². The number of nitro groups is 1. The SMILES string of the molecule is C[C@](O)(CNC(=O)c1cccc([N+](=O)[O-])c1)c1ccc(F)cc1F. The molecule has 2 N–H and O–H groups in total. The van der Waals surface area contributed by atoms with E-state index >= 15 is 0 Å². The highest BCUT2D eigenvalue weighted by Crippen LogP contribution is 2.23. The number of hydrogen-bond donors (Lipinski definition) is 2. The second kappa shape index (κ2) is 6.71. The lowest BCUT2D eigenvalue weighted by molar-refractivity contribution is -0.384. The Kier molecular flexibility index (Phi) is 4.89. The van der Waals surface area contributed by atoms with Crippen molar-refractivity contribution in [3.8, 4) is 0 Å². The van der Waals surface area contributed by atoms with Gasteiger partial charge in [-0.3, -0.25) is 14.9 Å². The van der Waals surface area contributed by atoms with Crippen LogP contribution in [0.15, 0.2) is 42.5 Å². The molecule has 0 aliphatic rings. The molecule has 0 unspecified atom stereocenters. The third kappa shape index (κ3) is 3.90. The van der Waals surface area contributed by atoms with E-state index in [1.54, 1.807) is 0 Å². The molecule has 6 nitrogen and oxygen atoms in total. The molecule has 0 aliphatic heterocycles. The van der Waals surface area contributed by atoms with E-state index < -0.39 is 28.1 Å². The fraction of sp³-hybridized carbons (Fsp3) is 0.188. The molecular weight excluding hydrogens is 322 g/mol. The largest absolute Gasteiger partial charge is 0.383 e. The number of nitrogens with one attached hydrogen (secondary N) is 1. The van der Waals surface area contributed by atoms with Crippen molar-refractivity contribution in [2.75, 3.05) is 6.54 Å². The molecule has 24 heavy (non-hydrogen) atoms. The monoisotopic (exact) mass is 336 g/mol. The number of benzene rings is 2. The maximum atomic E-state index is 13.7. The average molecular weight is 336 g/mol. The molecule has 0 fully saturated rings. The molecule has 0 spiro atoms. The summed E-state index contributed by atoms with van der Waals surface area (Å²) in [6.45, 7) is 0.897. The van der Waals surface area contributed by atoms with Gasteiger partial charge in [0.15, 0.2) is 0 Å². The van der Waals surface area contributed by atoms with Crippen molar-refractivity contribution in [1.29, 1.82) is 0 Å².